The molecule has 0 aliphatic carbocycles. The molecule has 0 N–H and O–H groups in total. The number of rotatable bonds is 38. The molecule has 0 aliphatic rings. The first-order chi connectivity index (χ1) is 32.4. The quantitative estimate of drug-likeness (QED) is 0.0196. The van der Waals surface area contributed by atoms with Crippen molar-refractivity contribution in [3.05, 3.63) is 131 Å². The molecule has 13 heteroatoms. The van der Waals surface area contributed by atoms with E-state index < -0.39 is 37.3 Å². The molecule has 0 spiro atoms. The Morgan fingerprint density at radius 1 is 0.449 bits per heavy atom. The van der Waals surface area contributed by atoms with Crippen molar-refractivity contribution < 1.29 is 94.5 Å². The van der Waals surface area contributed by atoms with E-state index in [1.54, 1.807) is 0 Å². The molecule has 0 bridgehead atoms. The SMILES string of the molecule is CCCCCCCCCCCc1ccc(C(OCCc2ccc(N(CCCCS(=O)(=O)[O-])CCCCS(=O)(=O)[O-])cc2)(c2ccccc2)c2ccc(OCCCCCCCCCC)cc2)cc1.[Na+].[Na+]. The fourth-order valence-electron chi connectivity index (χ4n) is 8.91. The van der Waals surface area contributed by atoms with E-state index in [9.17, 15) is 25.9 Å². The van der Waals surface area contributed by atoms with Gasteiger partial charge in [-0.15, -0.1) is 0 Å². The van der Waals surface area contributed by atoms with Crippen LogP contribution in [0.2, 0.25) is 0 Å². The van der Waals surface area contributed by atoms with Crippen molar-refractivity contribution in [2.45, 2.75) is 167 Å². The first-order valence-corrected chi connectivity index (χ1v) is 28.8. The molecular formula is C56H81NNa2O8S2. The first kappa shape index (κ1) is 63.4. The van der Waals surface area contributed by atoms with Gasteiger partial charge < -0.3 is 23.5 Å². The van der Waals surface area contributed by atoms with Gasteiger partial charge in [0.1, 0.15) is 11.4 Å². The van der Waals surface area contributed by atoms with E-state index in [0.717, 1.165) is 46.5 Å². The average Bonchev–Trinajstić information content (AvgIpc) is 3.32. The van der Waals surface area contributed by atoms with E-state index in [0.29, 0.717) is 45.6 Å². The Morgan fingerprint density at radius 2 is 0.870 bits per heavy atom. The van der Waals surface area contributed by atoms with Crippen molar-refractivity contribution in [1.29, 1.82) is 0 Å². The normalized spacial score (nSPS) is 12.5. The minimum absolute atomic E-state index is 0. The zero-order chi connectivity index (χ0) is 48.1. The van der Waals surface area contributed by atoms with Crippen LogP contribution < -0.4 is 68.8 Å². The van der Waals surface area contributed by atoms with E-state index in [1.807, 2.05) is 18.2 Å². The Morgan fingerprint density at radius 3 is 1.36 bits per heavy atom. The molecule has 0 amide bonds. The predicted molar refractivity (Wildman–Crippen MR) is 274 cm³/mol. The molecule has 9 nitrogen and oxygen atoms in total. The van der Waals surface area contributed by atoms with Crippen molar-refractivity contribution in [2.24, 2.45) is 0 Å². The second kappa shape index (κ2) is 36.2. The number of hydrogen-bond donors (Lipinski definition) is 0. The molecule has 4 aromatic rings. The Hall–Kier alpha value is -1.74. The number of benzene rings is 4. The van der Waals surface area contributed by atoms with Gasteiger partial charge in [0, 0.05) is 30.3 Å². The molecule has 0 aliphatic heterocycles. The van der Waals surface area contributed by atoms with Gasteiger partial charge in [-0.1, -0.05) is 189 Å². The van der Waals surface area contributed by atoms with Crippen LogP contribution in [0, 0.1) is 0 Å². The molecule has 0 aromatic heterocycles. The Labute approximate surface area is 462 Å². The minimum atomic E-state index is -4.31. The molecule has 0 heterocycles. The van der Waals surface area contributed by atoms with Gasteiger partial charge >= 0.3 is 59.1 Å². The van der Waals surface area contributed by atoms with Gasteiger partial charge in [0.2, 0.25) is 0 Å². The van der Waals surface area contributed by atoms with E-state index in [-0.39, 0.29) is 72.0 Å². The monoisotopic (exact) mass is 1010 g/mol. The van der Waals surface area contributed by atoms with Crippen LogP contribution in [0.1, 0.15) is 177 Å². The smallest absolute Gasteiger partial charge is 0.748 e. The molecular weight excluding hydrogens is 925 g/mol. The molecule has 0 saturated carbocycles. The minimum Gasteiger partial charge on any atom is -0.748 e. The van der Waals surface area contributed by atoms with Gasteiger partial charge in [0.05, 0.1) is 33.5 Å². The summed E-state index contributed by atoms with van der Waals surface area (Å²) in [5, 5.41) is 0. The van der Waals surface area contributed by atoms with E-state index >= 15 is 0 Å². The van der Waals surface area contributed by atoms with Crippen LogP contribution in [-0.2, 0) is 43.4 Å². The maximum absolute atomic E-state index is 11.2. The van der Waals surface area contributed by atoms with Crippen LogP contribution in [0.3, 0.4) is 0 Å². The van der Waals surface area contributed by atoms with E-state index in [2.05, 4.69) is 104 Å². The number of hydrogen-bond acceptors (Lipinski definition) is 9. The zero-order valence-electron chi connectivity index (χ0n) is 42.9. The van der Waals surface area contributed by atoms with Crippen molar-refractivity contribution in [3.63, 3.8) is 0 Å². The molecule has 0 fully saturated rings. The molecule has 4 rings (SSSR count). The van der Waals surface area contributed by atoms with Crippen molar-refractivity contribution in [1.82, 2.24) is 0 Å². The topological polar surface area (TPSA) is 136 Å². The molecule has 1 unspecified atom stereocenters. The van der Waals surface area contributed by atoms with Crippen LogP contribution in [0.25, 0.3) is 0 Å². The number of aryl methyl sites for hydroxylation is 1. The fraction of sp³-hybridized carbons (Fsp3) is 0.571. The number of nitrogens with zero attached hydrogens (tertiary/aromatic N) is 1. The molecule has 1 atom stereocenters. The summed E-state index contributed by atoms with van der Waals surface area (Å²) in [4.78, 5) is 2.05. The number of ether oxygens (including phenoxy) is 2. The van der Waals surface area contributed by atoms with Crippen LogP contribution >= 0.6 is 0 Å². The Kier molecular flexibility index (Phi) is 33.3. The Bertz CT molecular complexity index is 2020. The summed E-state index contributed by atoms with van der Waals surface area (Å²) in [5.74, 6) is -0.0104. The second-order valence-corrected chi connectivity index (χ2v) is 21.4. The summed E-state index contributed by atoms with van der Waals surface area (Å²) >= 11 is 0. The van der Waals surface area contributed by atoms with Crippen LogP contribution in [0.5, 0.6) is 5.75 Å². The van der Waals surface area contributed by atoms with Gasteiger partial charge in [-0.05, 0) is 103 Å². The summed E-state index contributed by atoms with van der Waals surface area (Å²) in [7, 11) is -8.63. The van der Waals surface area contributed by atoms with Crippen LogP contribution in [0.4, 0.5) is 5.69 Å². The van der Waals surface area contributed by atoms with Gasteiger partial charge in [-0.25, -0.2) is 16.8 Å². The van der Waals surface area contributed by atoms with Gasteiger partial charge in [-0.3, -0.25) is 0 Å². The average molecular weight is 1010 g/mol. The standard InChI is InChI=1S/C56H83NO8S2.2Na/c1-3-5-7-9-11-13-14-16-19-27-49-30-34-52(35-31-49)56(51-28-20-18-21-29-51,53-36-40-55(41-37-53)64-45-24-17-15-12-10-8-6-4-2)65-46-42-50-32-38-54(39-33-50)57(43-22-25-47-66(58,59)60)44-23-26-48-67(61,62)63;;/h18,20-21,28-41H,3-17,19,22-27,42-48H2,1-2H3,(H,58,59,60)(H,61,62,63);;/q;2*+1/p-2. The van der Waals surface area contributed by atoms with Crippen LogP contribution in [0.15, 0.2) is 103 Å². The third-order valence-electron chi connectivity index (χ3n) is 12.8. The summed E-state index contributed by atoms with van der Waals surface area (Å²) in [6, 6.07) is 36.0. The number of unbranched alkanes of at least 4 members (excludes halogenated alkanes) is 17. The van der Waals surface area contributed by atoms with Crippen molar-refractivity contribution >= 4 is 25.9 Å². The molecule has 0 saturated heterocycles. The number of anilines is 1. The fourth-order valence-corrected chi connectivity index (χ4v) is 10.0. The molecule has 4 aromatic carbocycles. The van der Waals surface area contributed by atoms with E-state index in [1.165, 1.54) is 108 Å². The predicted octanol–water partition coefficient (Wildman–Crippen LogP) is 7.30. The maximum Gasteiger partial charge on any atom is 1.00 e. The van der Waals surface area contributed by atoms with Gasteiger partial charge in [0.25, 0.3) is 0 Å². The third-order valence-corrected chi connectivity index (χ3v) is 14.4. The summed E-state index contributed by atoms with van der Waals surface area (Å²) in [6.45, 7) is 6.61. The first-order valence-electron chi connectivity index (χ1n) is 25.7. The molecule has 0 radical (unpaired) electrons. The zero-order valence-corrected chi connectivity index (χ0v) is 48.5. The second-order valence-electron chi connectivity index (χ2n) is 18.4. The molecule has 372 valence electrons. The third kappa shape index (κ3) is 25.7. The largest absolute Gasteiger partial charge is 1.00 e. The van der Waals surface area contributed by atoms with Crippen molar-refractivity contribution in [2.75, 3.05) is 42.7 Å². The Balaban J connectivity index is 0.00000817. The molecule has 69 heavy (non-hydrogen) atoms. The maximum atomic E-state index is 11.2. The van der Waals surface area contributed by atoms with Gasteiger partial charge in [0.15, 0.2) is 0 Å². The summed E-state index contributed by atoms with van der Waals surface area (Å²) in [5.41, 5.74) is 5.51. The van der Waals surface area contributed by atoms with Crippen LogP contribution in [-0.4, -0.2) is 63.8 Å². The van der Waals surface area contributed by atoms with E-state index in [4.69, 9.17) is 9.47 Å². The summed E-state index contributed by atoms with van der Waals surface area (Å²) < 4.78 is 80.8. The summed E-state index contributed by atoms with van der Waals surface area (Å²) in [6.07, 6.45) is 24.9. The van der Waals surface area contributed by atoms with Gasteiger partial charge in [-0.2, -0.15) is 0 Å². The van der Waals surface area contributed by atoms with Crippen molar-refractivity contribution in [3.8, 4) is 5.75 Å².